The van der Waals surface area contributed by atoms with Crippen LogP contribution in [-0.2, 0) is 6.42 Å². The molecule has 5 heteroatoms. The fourth-order valence-electron chi connectivity index (χ4n) is 2.32. The highest BCUT2D eigenvalue weighted by Crippen LogP contribution is 2.27. The molecule has 1 atom stereocenters. The molecule has 0 aromatic heterocycles. The number of aliphatic hydroxyl groups is 1. The van der Waals surface area contributed by atoms with Crippen LogP contribution in [0.15, 0.2) is 42.5 Å². The lowest BCUT2D eigenvalue weighted by atomic mass is 10.1. The second kappa shape index (κ2) is 8.41. The standard InChI is InChI=1S/C18H23NO4/c1-22-17-8-3-13(11-18(17)23-2)9-10-19-12-16(21)14-4-6-15(20)7-5-14/h3-8,11,16,19-21H,9-10,12H2,1-2H3/t16-/m1/s1. The molecule has 0 fully saturated rings. The highest BCUT2D eigenvalue weighted by atomic mass is 16.5. The number of nitrogens with one attached hydrogen (secondary N) is 1. The van der Waals surface area contributed by atoms with E-state index in [4.69, 9.17) is 9.47 Å². The molecule has 0 spiro atoms. The summed E-state index contributed by atoms with van der Waals surface area (Å²) in [6, 6.07) is 12.4. The SMILES string of the molecule is COc1ccc(CCNC[C@@H](O)c2ccc(O)cc2)cc1OC. The minimum Gasteiger partial charge on any atom is -0.508 e. The first-order valence-corrected chi connectivity index (χ1v) is 7.52. The van der Waals surface area contributed by atoms with Gasteiger partial charge in [-0.2, -0.15) is 0 Å². The van der Waals surface area contributed by atoms with Crippen molar-refractivity contribution in [3.63, 3.8) is 0 Å². The summed E-state index contributed by atoms with van der Waals surface area (Å²) in [6.07, 6.45) is 0.226. The average molecular weight is 317 g/mol. The van der Waals surface area contributed by atoms with Gasteiger partial charge in [-0.15, -0.1) is 0 Å². The summed E-state index contributed by atoms with van der Waals surface area (Å²) >= 11 is 0. The molecule has 0 saturated carbocycles. The van der Waals surface area contributed by atoms with E-state index in [9.17, 15) is 10.2 Å². The maximum absolute atomic E-state index is 10.1. The number of ether oxygens (including phenoxy) is 2. The van der Waals surface area contributed by atoms with E-state index >= 15 is 0 Å². The Morgan fingerprint density at radius 1 is 1.00 bits per heavy atom. The van der Waals surface area contributed by atoms with Gasteiger partial charge in [-0.3, -0.25) is 0 Å². The minimum absolute atomic E-state index is 0.197. The van der Waals surface area contributed by atoms with Crippen LogP contribution in [0.1, 0.15) is 17.2 Å². The average Bonchev–Trinajstić information content (AvgIpc) is 2.58. The first kappa shape index (κ1) is 17.1. The van der Waals surface area contributed by atoms with Crippen LogP contribution < -0.4 is 14.8 Å². The van der Waals surface area contributed by atoms with E-state index in [0.717, 1.165) is 24.1 Å². The van der Waals surface area contributed by atoms with Crippen LogP contribution in [0.3, 0.4) is 0 Å². The van der Waals surface area contributed by atoms with Crippen molar-refractivity contribution in [2.45, 2.75) is 12.5 Å². The lowest BCUT2D eigenvalue weighted by Gasteiger charge is -2.13. The summed E-state index contributed by atoms with van der Waals surface area (Å²) < 4.78 is 10.5. The van der Waals surface area contributed by atoms with E-state index in [0.29, 0.717) is 18.0 Å². The van der Waals surface area contributed by atoms with Crippen LogP contribution in [0.2, 0.25) is 0 Å². The molecule has 0 saturated heterocycles. The van der Waals surface area contributed by atoms with Gasteiger partial charge in [0.15, 0.2) is 11.5 Å². The molecule has 5 nitrogen and oxygen atoms in total. The second-order valence-electron chi connectivity index (χ2n) is 5.25. The Hall–Kier alpha value is -2.24. The molecule has 2 rings (SSSR count). The third kappa shape index (κ3) is 4.87. The van der Waals surface area contributed by atoms with Gasteiger partial charge in [-0.25, -0.2) is 0 Å². The van der Waals surface area contributed by atoms with Crippen molar-refractivity contribution in [3.05, 3.63) is 53.6 Å². The zero-order valence-corrected chi connectivity index (χ0v) is 13.5. The van der Waals surface area contributed by atoms with Gasteiger partial charge in [-0.1, -0.05) is 18.2 Å². The van der Waals surface area contributed by atoms with Gasteiger partial charge in [0.25, 0.3) is 0 Å². The Morgan fingerprint density at radius 2 is 1.70 bits per heavy atom. The molecule has 0 heterocycles. The van der Waals surface area contributed by atoms with Crippen LogP contribution in [0.25, 0.3) is 0 Å². The van der Waals surface area contributed by atoms with Crippen LogP contribution in [0.5, 0.6) is 17.2 Å². The summed E-state index contributed by atoms with van der Waals surface area (Å²) in [5.74, 6) is 1.63. The normalized spacial score (nSPS) is 12.0. The molecular formula is C18H23NO4. The lowest BCUT2D eigenvalue weighted by molar-refractivity contribution is 0.175. The summed E-state index contributed by atoms with van der Waals surface area (Å²) in [6.45, 7) is 1.20. The first-order valence-electron chi connectivity index (χ1n) is 7.52. The molecule has 0 aliphatic carbocycles. The molecule has 2 aromatic carbocycles. The Bertz CT molecular complexity index is 613. The van der Waals surface area contributed by atoms with Gasteiger partial charge in [0.2, 0.25) is 0 Å². The number of hydrogen-bond acceptors (Lipinski definition) is 5. The van der Waals surface area contributed by atoms with Gasteiger partial charge in [-0.05, 0) is 48.4 Å². The van der Waals surface area contributed by atoms with Crippen LogP contribution in [0, 0.1) is 0 Å². The number of phenols is 1. The van der Waals surface area contributed by atoms with Crippen LogP contribution in [-0.4, -0.2) is 37.5 Å². The summed E-state index contributed by atoms with van der Waals surface area (Å²) in [5, 5.41) is 22.5. The Kier molecular flexibility index (Phi) is 6.26. The third-order valence-corrected chi connectivity index (χ3v) is 3.65. The van der Waals surface area contributed by atoms with Gasteiger partial charge in [0, 0.05) is 6.54 Å². The van der Waals surface area contributed by atoms with Gasteiger partial charge >= 0.3 is 0 Å². The molecule has 124 valence electrons. The molecule has 0 amide bonds. The van der Waals surface area contributed by atoms with Gasteiger partial charge < -0.3 is 25.0 Å². The quantitative estimate of drug-likeness (QED) is 0.652. The fraction of sp³-hybridized carbons (Fsp3) is 0.333. The molecule has 0 aliphatic rings. The highest BCUT2D eigenvalue weighted by molar-refractivity contribution is 5.42. The first-order chi connectivity index (χ1) is 11.1. The van der Waals surface area contributed by atoms with E-state index in [-0.39, 0.29) is 5.75 Å². The van der Waals surface area contributed by atoms with E-state index in [1.165, 1.54) is 0 Å². The van der Waals surface area contributed by atoms with Gasteiger partial charge in [0.1, 0.15) is 5.75 Å². The molecule has 23 heavy (non-hydrogen) atoms. The molecular weight excluding hydrogens is 294 g/mol. The smallest absolute Gasteiger partial charge is 0.160 e. The van der Waals surface area contributed by atoms with Crippen molar-refractivity contribution < 1.29 is 19.7 Å². The van der Waals surface area contributed by atoms with Crippen molar-refractivity contribution in [1.29, 1.82) is 0 Å². The Morgan fingerprint density at radius 3 is 2.35 bits per heavy atom. The number of benzene rings is 2. The largest absolute Gasteiger partial charge is 0.508 e. The topological polar surface area (TPSA) is 71.0 Å². The maximum Gasteiger partial charge on any atom is 0.160 e. The second-order valence-corrected chi connectivity index (χ2v) is 5.25. The van der Waals surface area contributed by atoms with E-state index in [2.05, 4.69) is 5.32 Å². The van der Waals surface area contributed by atoms with Crippen LogP contribution >= 0.6 is 0 Å². The number of methoxy groups -OCH3 is 2. The molecule has 0 bridgehead atoms. The summed E-state index contributed by atoms with van der Waals surface area (Å²) in [4.78, 5) is 0. The summed E-state index contributed by atoms with van der Waals surface area (Å²) in [7, 11) is 3.23. The summed E-state index contributed by atoms with van der Waals surface area (Å²) in [5.41, 5.74) is 1.91. The fourth-order valence-corrected chi connectivity index (χ4v) is 2.32. The monoisotopic (exact) mass is 317 g/mol. The molecule has 3 N–H and O–H groups in total. The van der Waals surface area contributed by atoms with Crippen molar-refractivity contribution in [3.8, 4) is 17.2 Å². The van der Waals surface area contributed by atoms with Crippen molar-refractivity contribution in [2.75, 3.05) is 27.3 Å². The number of phenolic OH excluding ortho intramolecular Hbond substituents is 1. The Balaban J connectivity index is 1.80. The maximum atomic E-state index is 10.1. The minimum atomic E-state index is -0.596. The predicted molar refractivity (Wildman–Crippen MR) is 89.2 cm³/mol. The van der Waals surface area contributed by atoms with E-state index in [1.807, 2.05) is 18.2 Å². The number of rotatable bonds is 8. The zero-order chi connectivity index (χ0) is 16.7. The van der Waals surface area contributed by atoms with Gasteiger partial charge in [0.05, 0.1) is 20.3 Å². The third-order valence-electron chi connectivity index (χ3n) is 3.65. The van der Waals surface area contributed by atoms with E-state index in [1.54, 1.807) is 38.5 Å². The molecule has 0 aliphatic heterocycles. The lowest BCUT2D eigenvalue weighted by Crippen LogP contribution is -2.23. The van der Waals surface area contributed by atoms with Crippen molar-refractivity contribution in [2.24, 2.45) is 0 Å². The molecule has 0 unspecified atom stereocenters. The number of aromatic hydroxyl groups is 1. The zero-order valence-electron chi connectivity index (χ0n) is 13.5. The molecule has 2 aromatic rings. The van der Waals surface area contributed by atoms with Crippen molar-refractivity contribution in [1.82, 2.24) is 5.32 Å². The van der Waals surface area contributed by atoms with Crippen LogP contribution in [0.4, 0.5) is 0 Å². The molecule has 0 radical (unpaired) electrons. The highest BCUT2D eigenvalue weighted by Gasteiger charge is 2.07. The van der Waals surface area contributed by atoms with E-state index < -0.39 is 6.10 Å². The number of hydrogen-bond donors (Lipinski definition) is 3. The number of aliphatic hydroxyl groups excluding tert-OH is 1. The predicted octanol–water partition coefficient (Wildman–Crippen LogP) is 2.28. The van der Waals surface area contributed by atoms with Crippen molar-refractivity contribution >= 4 is 0 Å². The Labute approximate surface area is 136 Å².